The highest BCUT2D eigenvalue weighted by molar-refractivity contribution is 7.90. The SMILES string of the molecule is COc1cccc(OC)c1-n1c(CS(=O)(=O)C[C@@](C)(F)c2ncc(F)cn2)nnc1-c1ccc(C)o1. The van der Waals surface area contributed by atoms with E-state index in [1.807, 2.05) is 0 Å². The van der Waals surface area contributed by atoms with Crippen LogP contribution in [-0.4, -0.2) is 53.1 Å². The van der Waals surface area contributed by atoms with Crippen LogP contribution in [0.4, 0.5) is 8.78 Å². The summed E-state index contributed by atoms with van der Waals surface area (Å²) < 4.78 is 73.0. The number of alkyl halides is 1. The van der Waals surface area contributed by atoms with Crippen LogP contribution < -0.4 is 9.47 Å². The molecule has 0 fully saturated rings. The minimum Gasteiger partial charge on any atom is -0.494 e. The molecule has 3 heterocycles. The molecule has 0 radical (unpaired) electrons. The summed E-state index contributed by atoms with van der Waals surface area (Å²) in [6.45, 7) is 2.77. The average Bonchev–Trinajstić information content (AvgIpc) is 3.43. The fourth-order valence-electron chi connectivity index (χ4n) is 3.72. The summed E-state index contributed by atoms with van der Waals surface area (Å²) in [5, 5.41) is 8.25. The second-order valence-electron chi connectivity index (χ2n) is 8.15. The maximum absolute atomic E-state index is 15.4. The minimum absolute atomic E-state index is 0.0299. The predicted octanol–water partition coefficient (Wildman–Crippen LogP) is 3.58. The van der Waals surface area contributed by atoms with Crippen molar-refractivity contribution in [2.24, 2.45) is 0 Å². The molecule has 0 N–H and O–H groups in total. The van der Waals surface area contributed by atoms with E-state index in [1.54, 1.807) is 37.3 Å². The van der Waals surface area contributed by atoms with Gasteiger partial charge in [-0.05, 0) is 38.1 Å². The Labute approximate surface area is 205 Å². The third-order valence-electron chi connectivity index (χ3n) is 5.24. The van der Waals surface area contributed by atoms with E-state index in [0.717, 1.165) is 19.3 Å². The molecule has 1 atom stereocenters. The molecule has 0 saturated heterocycles. The molecule has 0 unspecified atom stereocenters. The van der Waals surface area contributed by atoms with E-state index in [1.165, 1.54) is 18.8 Å². The van der Waals surface area contributed by atoms with Crippen LogP contribution in [0.15, 0.2) is 47.1 Å². The molecule has 0 bridgehead atoms. The summed E-state index contributed by atoms with van der Waals surface area (Å²) >= 11 is 0. The number of para-hydroxylation sites is 1. The van der Waals surface area contributed by atoms with E-state index < -0.39 is 38.7 Å². The Balaban J connectivity index is 1.80. The van der Waals surface area contributed by atoms with Gasteiger partial charge in [-0.15, -0.1) is 10.2 Å². The molecular weight excluding hydrogens is 496 g/mol. The Morgan fingerprint density at radius 3 is 2.25 bits per heavy atom. The van der Waals surface area contributed by atoms with Crippen molar-refractivity contribution in [2.45, 2.75) is 25.3 Å². The zero-order valence-electron chi connectivity index (χ0n) is 19.9. The highest BCUT2D eigenvalue weighted by Gasteiger charge is 2.37. The number of nitrogens with zero attached hydrogens (tertiary/aromatic N) is 5. The smallest absolute Gasteiger partial charge is 0.204 e. The Kier molecular flexibility index (Phi) is 6.76. The minimum atomic E-state index is -4.17. The largest absolute Gasteiger partial charge is 0.494 e. The molecule has 10 nitrogen and oxygen atoms in total. The van der Waals surface area contributed by atoms with E-state index in [-0.39, 0.29) is 11.6 Å². The Morgan fingerprint density at radius 2 is 1.69 bits per heavy atom. The van der Waals surface area contributed by atoms with Gasteiger partial charge in [-0.25, -0.2) is 27.2 Å². The Hall–Kier alpha value is -3.87. The van der Waals surface area contributed by atoms with Crippen molar-refractivity contribution in [3.63, 3.8) is 0 Å². The second-order valence-corrected chi connectivity index (χ2v) is 10.2. The quantitative estimate of drug-likeness (QED) is 0.326. The van der Waals surface area contributed by atoms with Crippen molar-refractivity contribution in [2.75, 3.05) is 20.0 Å². The third kappa shape index (κ3) is 5.05. The van der Waals surface area contributed by atoms with E-state index in [4.69, 9.17) is 13.9 Å². The molecule has 0 saturated carbocycles. The topological polar surface area (TPSA) is 122 Å². The molecule has 190 valence electrons. The molecule has 0 aliphatic heterocycles. The number of sulfone groups is 1. The number of aryl methyl sites for hydroxylation is 1. The first-order chi connectivity index (χ1) is 17.0. The van der Waals surface area contributed by atoms with Crippen molar-refractivity contribution >= 4 is 9.84 Å². The monoisotopic (exact) mass is 519 g/mol. The van der Waals surface area contributed by atoms with Crippen molar-refractivity contribution in [1.82, 2.24) is 24.7 Å². The van der Waals surface area contributed by atoms with Gasteiger partial charge in [0.2, 0.25) is 5.82 Å². The number of ether oxygens (including phenoxy) is 2. The molecule has 0 spiro atoms. The van der Waals surface area contributed by atoms with Crippen LogP contribution in [0.1, 0.15) is 24.3 Å². The number of halogens is 2. The number of benzene rings is 1. The highest BCUT2D eigenvalue weighted by atomic mass is 32.2. The zero-order valence-corrected chi connectivity index (χ0v) is 20.7. The molecule has 0 amide bonds. The highest BCUT2D eigenvalue weighted by Crippen LogP contribution is 2.37. The molecule has 4 aromatic rings. The lowest BCUT2D eigenvalue weighted by molar-refractivity contribution is 0.209. The van der Waals surface area contributed by atoms with Gasteiger partial charge in [-0.3, -0.25) is 4.57 Å². The predicted molar refractivity (Wildman–Crippen MR) is 125 cm³/mol. The lowest BCUT2D eigenvalue weighted by Gasteiger charge is -2.19. The standard InChI is InChI=1S/C23H23F2N5O5S/c1-14-8-9-18(35-14)21-29-28-19(30(21)20-16(33-3)6-5-7-17(20)34-4)12-36(31,32)13-23(2,25)22-26-10-15(24)11-27-22/h5-11H,12-13H2,1-4H3/t23-/m1/s1. The number of furan rings is 1. The van der Waals surface area contributed by atoms with Gasteiger partial charge in [0.05, 0.1) is 32.4 Å². The van der Waals surface area contributed by atoms with Crippen molar-refractivity contribution < 1.29 is 31.1 Å². The van der Waals surface area contributed by atoms with Crippen LogP contribution in [0.5, 0.6) is 11.5 Å². The lowest BCUT2D eigenvalue weighted by Crippen LogP contribution is -2.30. The van der Waals surface area contributed by atoms with E-state index in [9.17, 15) is 12.8 Å². The second kappa shape index (κ2) is 9.64. The van der Waals surface area contributed by atoms with E-state index >= 15 is 4.39 Å². The number of rotatable bonds is 9. The van der Waals surface area contributed by atoms with Crippen molar-refractivity contribution in [3.05, 3.63) is 66.0 Å². The first kappa shape index (κ1) is 25.2. The van der Waals surface area contributed by atoms with Gasteiger partial charge >= 0.3 is 0 Å². The van der Waals surface area contributed by atoms with E-state index in [2.05, 4.69) is 20.2 Å². The first-order valence-electron chi connectivity index (χ1n) is 10.6. The summed E-state index contributed by atoms with van der Waals surface area (Å²) in [5.74, 6) is -1.08. The fourth-order valence-corrected chi connectivity index (χ4v) is 5.36. The van der Waals surface area contributed by atoms with Gasteiger partial charge in [0.25, 0.3) is 0 Å². The summed E-state index contributed by atoms with van der Waals surface area (Å²) in [6, 6.07) is 8.42. The maximum atomic E-state index is 15.4. The molecule has 1 aromatic carbocycles. The summed E-state index contributed by atoms with van der Waals surface area (Å²) in [4.78, 5) is 7.19. The Morgan fingerprint density at radius 1 is 1.06 bits per heavy atom. The summed E-state index contributed by atoms with van der Waals surface area (Å²) in [6.07, 6.45) is 1.55. The molecule has 36 heavy (non-hydrogen) atoms. The van der Waals surface area contributed by atoms with Crippen LogP contribution in [0.2, 0.25) is 0 Å². The van der Waals surface area contributed by atoms with Crippen LogP contribution >= 0.6 is 0 Å². The van der Waals surface area contributed by atoms with Gasteiger partial charge in [-0.2, -0.15) is 0 Å². The molecular formula is C23H23F2N5O5S. The van der Waals surface area contributed by atoms with Gasteiger partial charge < -0.3 is 13.9 Å². The van der Waals surface area contributed by atoms with Crippen molar-refractivity contribution in [3.8, 4) is 28.8 Å². The van der Waals surface area contributed by atoms with Crippen LogP contribution in [-0.2, 0) is 21.3 Å². The van der Waals surface area contributed by atoms with Gasteiger partial charge in [0.1, 0.15) is 28.7 Å². The zero-order chi connectivity index (χ0) is 26.1. The van der Waals surface area contributed by atoms with E-state index in [0.29, 0.717) is 28.7 Å². The average molecular weight is 520 g/mol. The van der Waals surface area contributed by atoms with Crippen molar-refractivity contribution in [1.29, 1.82) is 0 Å². The third-order valence-corrected chi connectivity index (χ3v) is 6.92. The van der Waals surface area contributed by atoms with Crippen LogP contribution in [0, 0.1) is 12.7 Å². The summed E-state index contributed by atoms with van der Waals surface area (Å²) in [7, 11) is -1.27. The number of hydrogen-bond acceptors (Lipinski definition) is 9. The molecule has 13 heteroatoms. The number of hydrogen-bond donors (Lipinski definition) is 0. The van der Waals surface area contributed by atoms with Gasteiger partial charge in [-0.1, -0.05) is 6.07 Å². The van der Waals surface area contributed by atoms with Crippen LogP contribution in [0.3, 0.4) is 0 Å². The number of methoxy groups -OCH3 is 2. The van der Waals surface area contributed by atoms with Gasteiger partial charge in [0, 0.05) is 0 Å². The molecule has 0 aliphatic rings. The lowest BCUT2D eigenvalue weighted by atomic mass is 10.1. The van der Waals surface area contributed by atoms with Crippen LogP contribution in [0.25, 0.3) is 17.3 Å². The summed E-state index contributed by atoms with van der Waals surface area (Å²) in [5.41, 5.74) is -2.15. The molecule has 0 aliphatic carbocycles. The fraction of sp³-hybridized carbons (Fsp3) is 0.304. The van der Waals surface area contributed by atoms with Gasteiger partial charge in [0.15, 0.2) is 38.7 Å². The normalized spacial score (nSPS) is 13.4. The first-order valence-corrected chi connectivity index (χ1v) is 12.5. The maximum Gasteiger partial charge on any atom is 0.204 e. The molecule has 4 rings (SSSR count). The molecule has 3 aromatic heterocycles. The Bertz CT molecular complexity index is 1460. The number of aromatic nitrogens is 5.